The van der Waals surface area contributed by atoms with Crippen molar-refractivity contribution in [2.45, 2.75) is 82.1 Å². The topological polar surface area (TPSA) is 101 Å². The summed E-state index contributed by atoms with van der Waals surface area (Å²) in [5, 5.41) is 9.74. The molecule has 0 spiro atoms. The van der Waals surface area contributed by atoms with Gasteiger partial charge in [0.2, 0.25) is 0 Å². The Morgan fingerprint density at radius 3 is 2.60 bits per heavy atom. The van der Waals surface area contributed by atoms with Crippen LogP contribution in [0.1, 0.15) is 68.4 Å². The van der Waals surface area contributed by atoms with Crippen LogP contribution in [0.5, 0.6) is 11.5 Å². The fraction of sp³-hybridized carbons (Fsp3) is 0.600. The summed E-state index contributed by atoms with van der Waals surface area (Å²) in [5.74, 6) is 1.53. The molecule has 4 aliphatic rings. The number of carboxylic acid groups (broad SMARTS) is 1. The molecular formula is C35H47N3O7. The van der Waals surface area contributed by atoms with Crippen molar-refractivity contribution in [2.24, 2.45) is 0 Å². The summed E-state index contributed by atoms with van der Waals surface area (Å²) in [5.41, 5.74) is 2.76. The van der Waals surface area contributed by atoms with Crippen molar-refractivity contribution in [3.8, 4) is 11.5 Å². The van der Waals surface area contributed by atoms with E-state index in [1.165, 1.54) is 37.0 Å². The molecule has 244 valence electrons. The highest BCUT2D eigenvalue weighted by Crippen LogP contribution is 2.36. The number of nitrogens with zero attached hydrogens (tertiary/aromatic N) is 3. The van der Waals surface area contributed by atoms with E-state index in [9.17, 15) is 14.7 Å². The van der Waals surface area contributed by atoms with Gasteiger partial charge in [0.15, 0.2) is 6.61 Å². The molecule has 6 rings (SSSR count). The molecule has 10 heteroatoms. The zero-order valence-electron chi connectivity index (χ0n) is 26.4. The number of amides is 2. The fourth-order valence-electron chi connectivity index (χ4n) is 7.41. The first-order valence-electron chi connectivity index (χ1n) is 16.6. The number of likely N-dealkylation sites (tertiary alicyclic amines) is 2. The van der Waals surface area contributed by atoms with Crippen molar-refractivity contribution >= 4 is 17.7 Å². The Balaban J connectivity index is 1.10. The van der Waals surface area contributed by atoms with Crippen molar-refractivity contribution in [1.82, 2.24) is 9.80 Å². The molecule has 1 N–H and O–H groups in total. The maximum absolute atomic E-state index is 12.6. The lowest BCUT2D eigenvalue weighted by Crippen LogP contribution is -2.46. The Morgan fingerprint density at radius 1 is 1.00 bits per heavy atom. The zero-order chi connectivity index (χ0) is 31.2. The first-order valence-corrected chi connectivity index (χ1v) is 16.6. The first kappa shape index (κ1) is 31.6. The second-order valence-corrected chi connectivity index (χ2v) is 12.8. The van der Waals surface area contributed by atoms with Gasteiger partial charge >= 0.3 is 6.09 Å². The van der Waals surface area contributed by atoms with Gasteiger partial charge in [-0.1, -0.05) is 37.5 Å². The summed E-state index contributed by atoms with van der Waals surface area (Å²) in [6.45, 7) is 4.32. The number of anilines is 1. The summed E-state index contributed by atoms with van der Waals surface area (Å²) >= 11 is 0. The lowest BCUT2D eigenvalue weighted by atomic mass is 9.87. The highest BCUT2D eigenvalue weighted by Gasteiger charge is 2.34. The molecule has 0 radical (unpaired) electrons. The van der Waals surface area contributed by atoms with E-state index in [1.807, 2.05) is 18.2 Å². The Labute approximate surface area is 266 Å². The molecule has 1 aliphatic carbocycles. The van der Waals surface area contributed by atoms with E-state index in [2.05, 4.69) is 29.2 Å². The second kappa shape index (κ2) is 14.8. The van der Waals surface area contributed by atoms with Crippen LogP contribution in [-0.4, -0.2) is 98.2 Å². The van der Waals surface area contributed by atoms with Gasteiger partial charge in [-0.25, -0.2) is 4.79 Å². The Kier molecular flexibility index (Phi) is 10.4. The monoisotopic (exact) mass is 621 g/mol. The van der Waals surface area contributed by atoms with Crippen molar-refractivity contribution in [2.75, 3.05) is 57.9 Å². The van der Waals surface area contributed by atoms with Crippen LogP contribution in [0.2, 0.25) is 0 Å². The molecule has 3 aliphatic heterocycles. The van der Waals surface area contributed by atoms with E-state index < -0.39 is 6.09 Å². The normalized spacial score (nSPS) is 24.4. The number of benzene rings is 2. The Morgan fingerprint density at radius 2 is 1.82 bits per heavy atom. The number of carbonyl (C=O) groups is 2. The van der Waals surface area contributed by atoms with E-state index in [1.54, 1.807) is 12.0 Å². The van der Waals surface area contributed by atoms with Gasteiger partial charge in [0.25, 0.3) is 5.91 Å². The summed E-state index contributed by atoms with van der Waals surface area (Å²) in [7, 11) is 1.65. The lowest BCUT2D eigenvalue weighted by molar-refractivity contribution is -0.121. The standard InChI is InChI=1S/C35H47N3O7/c1-42-19-5-16-38-31-20-25(8-13-32(31)44-24-34(38)39)23-43-33-22-37(35(40)41)18-15-30(33)26-9-11-28(12-10-26)45-29-14-17-36(21-29)27-6-3-2-4-7-27/h8-13,20,27,29-30,33H,2-7,14-19,21-24H2,1H3,(H,40,41)/t29-,30?,33?/m0/s1. The minimum absolute atomic E-state index is 0.0218. The molecule has 0 aromatic heterocycles. The van der Waals surface area contributed by atoms with Gasteiger partial charge in [0.1, 0.15) is 17.6 Å². The fourth-order valence-corrected chi connectivity index (χ4v) is 7.41. The predicted molar refractivity (Wildman–Crippen MR) is 170 cm³/mol. The molecule has 45 heavy (non-hydrogen) atoms. The second-order valence-electron chi connectivity index (χ2n) is 12.8. The number of hydrogen-bond donors (Lipinski definition) is 1. The van der Waals surface area contributed by atoms with Crippen LogP contribution >= 0.6 is 0 Å². The van der Waals surface area contributed by atoms with Gasteiger partial charge in [-0.15, -0.1) is 0 Å². The Hall–Kier alpha value is -3.34. The molecule has 10 nitrogen and oxygen atoms in total. The van der Waals surface area contributed by atoms with E-state index in [0.717, 1.165) is 54.5 Å². The minimum Gasteiger partial charge on any atom is -0.489 e. The molecule has 3 atom stereocenters. The van der Waals surface area contributed by atoms with Crippen molar-refractivity contribution in [1.29, 1.82) is 0 Å². The SMILES string of the molecule is COCCCN1C(=O)COc2ccc(COC3CN(C(=O)O)CCC3c3ccc(O[C@H]4CCN(C5CCCCC5)C4)cc3)cc21. The van der Waals surface area contributed by atoms with Gasteiger partial charge in [-0.2, -0.15) is 0 Å². The molecule has 2 aromatic rings. The van der Waals surface area contributed by atoms with Crippen LogP contribution < -0.4 is 14.4 Å². The smallest absolute Gasteiger partial charge is 0.407 e. The lowest BCUT2D eigenvalue weighted by Gasteiger charge is -2.37. The van der Waals surface area contributed by atoms with Gasteiger partial charge in [0, 0.05) is 51.9 Å². The third-order valence-electron chi connectivity index (χ3n) is 9.87. The molecule has 2 unspecified atom stereocenters. The number of carbonyl (C=O) groups excluding carboxylic acids is 1. The van der Waals surface area contributed by atoms with Crippen LogP contribution in [0.4, 0.5) is 10.5 Å². The molecule has 1 saturated carbocycles. The van der Waals surface area contributed by atoms with Crippen LogP contribution in [-0.2, 0) is 20.9 Å². The van der Waals surface area contributed by atoms with Gasteiger partial charge in [0.05, 0.1) is 24.9 Å². The average Bonchev–Trinajstić information content (AvgIpc) is 3.54. The maximum atomic E-state index is 12.6. The van der Waals surface area contributed by atoms with Gasteiger partial charge in [-0.05, 0) is 67.5 Å². The summed E-state index contributed by atoms with van der Waals surface area (Å²) in [6.07, 6.45) is 8.15. The molecule has 2 saturated heterocycles. The molecular weight excluding hydrogens is 574 g/mol. The van der Waals surface area contributed by atoms with Crippen LogP contribution in [0, 0.1) is 0 Å². The van der Waals surface area contributed by atoms with Crippen molar-refractivity contribution in [3.63, 3.8) is 0 Å². The van der Waals surface area contributed by atoms with Crippen LogP contribution in [0.25, 0.3) is 0 Å². The Bertz CT molecular complexity index is 1300. The molecule has 2 aromatic carbocycles. The highest BCUT2D eigenvalue weighted by atomic mass is 16.5. The molecule has 2 amide bonds. The number of rotatable bonds is 11. The molecule has 0 bridgehead atoms. The van der Waals surface area contributed by atoms with Gasteiger partial charge in [-0.3, -0.25) is 9.69 Å². The average molecular weight is 622 g/mol. The van der Waals surface area contributed by atoms with Crippen LogP contribution in [0.3, 0.4) is 0 Å². The van der Waals surface area contributed by atoms with E-state index in [-0.39, 0.29) is 30.6 Å². The highest BCUT2D eigenvalue weighted by molar-refractivity contribution is 5.97. The van der Waals surface area contributed by atoms with Gasteiger partial charge < -0.3 is 33.9 Å². The van der Waals surface area contributed by atoms with E-state index in [4.69, 9.17) is 18.9 Å². The van der Waals surface area contributed by atoms with Crippen molar-refractivity contribution < 1.29 is 33.6 Å². The van der Waals surface area contributed by atoms with E-state index >= 15 is 0 Å². The quantitative estimate of drug-likeness (QED) is 0.338. The number of piperidine rings is 1. The first-order chi connectivity index (χ1) is 22.0. The van der Waals surface area contributed by atoms with Crippen LogP contribution in [0.15, 0.2) is 42.5 Å². The zero-order valence-corrected chi connectivity index (χ0v) is 26.4. The number of methoxy groups -OCH3 is 1. The maximum Gasteiger partial charge on any atom is 0.407 e. The summed E-state index contributed by atoms with van der Waals surface area (Å²) in [6, 6.07) is 14.8. The number of hydrogen-bond acceptors (Lipinski definition) is 7. The summed E-state index contributed by atoms with van der Waals surface area (Å²) in [4.78, 5) is 30.3. The third-order valence-corrected chi connectivity index (χ3v) is 9.87. The predicted octanol–water partition coefficient (Wildman–Crippen LogP) is 5.29. The largest absolute Gasteiger partial charge is 0.489 e. The molecule has 3 fully saturated rings. The number of ether oxygens (including phenoxy) is 4. The molecule has 3 heterocycles. The van der Waals surface area contributed by atoms with Crippen molar-refractivity contribution in [3.05, 3.63) is 53.6 Å². The third kappa shape index (κ3) is 7.73. The number of fused-ring (bicyclic) bond motifs is 1. The minimum atomic E-state index is -0.930. The summed E-state index contributed by atoms with van der Waals surface area (Å²) < 4.78 is 23.7. The van der Waals surface area contributed by atoms with E-state index in [0.29, 0.717) is 45.0 Å².